The van der Waals surface area contributed by atoms with Gasteiger partial charge in [-0.15, -0.1) is 0 Å². The monoisotopic (exact) mass is 333 g/mol. The van der Waals surface area contributed by atoms with Gasteiger partial charge in [0.05, 0.1) is 17.1 Å². The molecule has 4 nitrogen and oxygen atoms in total. The van der Waals surface area contributed by atoms with Crippen LogP contribution in [0, 0.1) is 0 Å². The van der Waals surface area contributed by atoms with Crippen molar-refractivity contribution in [2.24, 2.45) is 0 Å². The first-order valence-corrected chi connectivity index (χ1v) is 7.27. The number of carbonyl (C=O) groups is 1. The van der Waals surface area contributed by atoms with E-state index in [9.17, 15) is 18.0 Å². The highest BCUT2D eigenvalue weighted by atomic mass is 19.4. The van der Waals surface area contributed by atoms with Gasteiger partial charge in [-0.05, 0) is 30.7 Å². The molecule has 7 heteroatoms. The second kappa shape index (κ2) is 5.99. The van der Waals surface area contributed by atoms with Crippen LogP contribution in [0.15, 0.2) is 48.5 Å². The lowest BCUT2D eigenvalue weighted by Crippen LogP contribution is -2.27. The summed E-state index contributed by atoms with van der Waals surface area (Å²) < 4.78 is 38.4. The SMILES string of the molecule is C[C@@H](NC(=O)c1n[nH]c2ccccc12)c1cccc(C(F)(F)F)c1. The van der Waals surface area contributed by atoms with E-state index in [4.69, 9.17) is 0 Å². The predicted octanol–water partition coefficient (Wildman–Crippen LogP) is 4.07. The number of amides is 1. The first-order valence-electron chi connectivity index (χ1n) is 7.27. The van der Waals surface area contributed by atoms with E-state index in [0.717, 1.165) is 17.6 Å². The molecule has 1 aromatic heterocycles. The van der Waals surface area contributed by atoms with E-state index >= 15 is 0 Å². The molecule has 1 heterocycles. The standard InChI is InChI=1S/C17H14F3N3O/c1-10(11-5-4-6-12(9-11)17(18,19)20)21-16(24)15-13-7-2-3-8-14(13)22-23-15/h2-10H,1H3,(H,21,24)(H,22,23)/t10-/m1/s1. The topological polar surface area (TPSA) is 57.8 Å². The molecule has 0 saturated carbocycles. The number of hydrogen-bond acceptors (Lipinski definition) is 2. The lowest BCUT2D eigenvalue weighted by Gasteiger charge is -2.15. The van der Waals surface area contributed by atoms with Crippen LogP contribution in [-0.4, -0.2) is 16.1 Å². The Hall–Kier alpha value is -2.83. The van der Waals surface area contributed by atoms with Gasteiger partial charge in [0.2, 0.25) is 0 Å². The number of fused-ring (bicyclic) bond motifs is 1. The third kappa shape index (κ3) is 3.10. The molecule has 0 aliphatic carbocycles. The zero-order valence-electron chi connectivity index (χ0n) is 12.7. The van der Waals surface area contributed by atoms with Crippen LogP contribution >= 0.6 is 0 Å². The van der Waals surface area contributed by atoms with Crippen LogP contribution in [0.25, 0.3) is 10.9 Å². The number of rotatable bonds is 3. The summed E-state index contributed by atoms with van der Waals surface area (Å²) in [5.74, 6) is -0.447. The Morgan fingerprint density at radius 2 is 1.92 bits per heavy atom. The van der Waals surface area contributed by atoms with E-state index in [2.05, 4.69) is 15.5 Å². The van der Waals surface area contributed by atoms with Crippen molar-refractivity contribution < 1.29 is 18.0 Å². The van der Waals surface area contributed by atoms with Gasteiger partial charge in [-0.25, -0.2) is 0 Å². The molecule has 3 aromatic rings. The summed E-state index contributed by atoms with van der Waals surface area (Å²) in [5, 5.41) is 10.1. The molecule has 0 bridgehead atoms. The summed E-state index contributed by atoms with van der Waals surface area (Å²) in [6.07, 6.45) is -4.42. The van der Waals surface area contributed by atoms with Crippen LogP contribution in [0.4, 0.5) is 13.2 Å². The van der Waals surface area contributed by atoms with Crippen LogP contribution in [0.2, 0.25) is 0 Å². The van der Waals surface area contributed by atoms with Crippen LogP contribution in [0.3, 0.4) is 0 Å². The number of aromatic amines is 1. The Bertz CT molecular complexity index is 886. The van der Waals surface area contributed by atoms with Crippen molar-refractivity contribution in [1.82, 2.24) is 15.5 Å². The van der Waals surface area contributed by atoms with Crippen molar-refractivity contribution in [2.45, 2.75) is 19.1 Å². The molecule has 1 amide bonds. The molecule has 0 aliphatic rings. The molecule has 1 atom stereocenters. The molecule has 3 rings (SSSR count). The van der Waals surface area contributed by atoms with E-state index in [1.807, 2.05) is 6.07 Å². The number of para-hydroxylation sites is 1. The largest absolute Gasteiger partial charge is 0.416 e. The molecule has 0 spiro atoms. The van der Waals surface area contributed by atoms with E-state index in [-0.39, 0.29) is 5.69 Å². The van der Waals surface area contributed by atoms with Gasteiger partial charge in [0.25, 0.3) is 5.91 Å². The number of hydrogen-bond donors (Lipinski definition) is 2. The van der Waals surface area contributed by atoms with Crippen LogP contribution in [0.1, 0.15) is 34.6 Å². The molecular weight excluding hydrogens is 319 g/mol. The quantitative estimate of drug-likeness (QED) is 0.759. The second-order valence-corrected chi connectivity index (χ2v) is 5.44. The number of nitrogens with zero attached hydrogens (tertiary/aromatic N) is 1. The zero-order valence-corrected chi connectivity index (χ0v) is 12.7. The summed E-state index contributed by atoms with van der Waals surface area (Å²) in [5.41, 5.74) is 0.558. The third-order valence-electron chi connectivity index (χ3n) is 3.75. The Labute approximate surface area is 135 Å². The summed E-state index contributed by atoms with van der Waals surface area (Å²) >= 11 is 0. The fraction of sp³-hybridized carbons (Fsp3) is 0.176. The average molecular weight is 333 g/mol. The highest BCUT2D eigenvalue weighted by molar-refractivity contribution is 6.04. The minimum Gasteiger partial charge on any atom is -0.344 e. The van der Waals surface area contributed by atoms with Crippen LogP contribution < -0.4 is 5.32 Å². The minimum atomic E-state index is -4.42. The normalized spacial score (nSPS) is 13.0. The minimum absolute atomic E-state index is 0.212. The smallest absolute Gasteiger partial charge is 0.344 e. The van der Waals surface area contributed by atoms with Gasteiger partial charge in [0, 0.05) is 5.39 Å². The lowest BCUT2D eigenvalue weighted by atomic mass is 10.0. The van der Waals surface area contributed by atoms with Gasteiger partial charge in [-0.2, -0.15) is 18.3 Å². The van der Waals surface area contributed by atoms with Crippen molar-refractivity contribution in [1.29, 1.82) is 0 Å². The number of nitrogens with one attached hydrogen (secondary N) is 2. The van der Waals surface area contributed by atoms with E-state index < -0.39 is 23.7 Å². The summed E-state index contributed by atoms with van der Waals surface area (Å²) in [6, 6.07) is 11.5. The van der Waals surface area contributed by atoms with Gasteiger partial charge >= 0.3 is 6.18 Å². The number of benzene rings is 2. The molecule has 0 radical (unpaired) electrons. The number of aromatic nitrogens is 2. The Balaban J connectivity index is 1.82. The molecule has 24 heavy (non-hydrogen) atoms. The molecular formula is C17H14F3N3O. The second-order valence-electron chi connectivity index (χ2n) is 5.44. The highest BCUT2D eigenvalue weighted by Crippen LogP contribution is 2.30. The van der Waals surface area contributed by atoms with Crippen molar-refractivity contribution in [3.05, 3.63) is 65.4 Å². The number of carbonyl (C=O) groups excluding carboxylic acids is 1. The Morgan fingerprint density at radius 1 is 1.17 bits per heavy atom. The third-order valence-corrected chi connectivity index (χ3v) is 3.75. The maximum atomic E-state index is 12.8. The lowest BCUT2D eigenvalue weighted by molar-refractivity contribution is -0.137. The predicted molar refractivity (Wildman–Crippen MR) is 83.4 cm³/mol. The van der Waals surface area contributed by atoms with Gasteiger partial charge in [-0.3, -0.25) is 9.89 Å². The van der Waals surface area contributed by atoms with Crippen molar-refractivity contribution in [3.63, 3.8) is 0 Å². The van der Waals surface area contributed by atoms with Crippen molar-refractivity contribution in [2.75, 3.05) is 0 Å². The van der Waals surface area contributed by atoms with Crippen molar-refractivity contribution in [3.8, 4) is 0 Å². The van der Waals surface area contributed by atoms with E-state index in [1.54, 1.807) is 31.2 Å². The Morgan fingerprint density at radius 3 is 2.67 bits per heavy atom. The van der Waals surface area contributed by atoms with E-state index in [1.165, 1.54) is 6.07 Å². The maximum absolute atomic E-state index is 12.8. The van der Waals surface area contributed by atoms with Crippen LogP contribution in [-0.2, 0) is 6.18 Å². The van der Waals surface area contributed by atoms with E-state index in [0.29, 0.717) is 10.9 Å². The molecule has 0 aliphatic heterocycles. The van der Waals surface area contributed by atoms with Gasteiger partial charge < -0.3 is 5.32 Å². The number of alkyl halides is 3. The Kier molecular flexibility index (Phi) is 4.01. The van der Waals surface area contributed by atoms with Gasteiger partial charge in [-0.1, -0.05) is 30.3 Å². The first-order chi connectivity index (χ1) is 11.4. The van der Waals surface area contributed by atoms with Gasteiger partial charge in [0.15, 0.2) is 5.69 Å². The summed E-state index contributed by atoms with van der Waals surface area (Å²) in [4.78, 5) is 12.4. The average Bonchev–Trinajstić information content (AvgIpc) is 2.98. The molecule has 0 fully saturated rings. The maximum Gasteiger partial charge on any atom is 0.416 e. The number of halogens is 3. The summed E-state index contributed by atoms with van der Waals surface area (Å²) in [6.45, 7) is 1.63. The van der Waals surface area contributed by atoms with Crippen molar-refractivity contribution >= 4 is 16.8 Å². The fourth-order valence-corrected chi connectivity index (χ4v) is 2.47. The van der Waals surface area contributed by atoms with Crippen LogP contribution in [0.5, 0.6) is 0 Å². The highest BCUT2D eigenvalue weighted by Gasteiger charge is 2.30. The summed E-state index contributed by atoms with van der Waals surface area (Å²) in [7, 11) is 0. The molecule has 124 valence electrons. The molecule has 2 aromatic carbocycles. The fourth-order valence-electron chi connectivity index (χ4n) is 2.47. The molecule has 0 saturated heterocycles. The first kappa shape index (κ1) is 16.0. The molecule has 2 N–H and O–H groups in total. The van der Waals surface area contributed by atoms with Gasteiger partial charge in [0.1, 0.15) is 0 Å². The number of H-pyrrole nitrogens is 1. The molecule has 0 unspecified atom stereocenters. The zero-order chi connectivity index (χ0) is 17.3.